The number of rotatable bonds is 3. The van der Waals surface area contributed by atoms with Crippen LogP contribution in [0.15, 0.2) is 12.3 Å². The fourth-order valence-corrected chi connectivity index (χ4v) is 2.64. The zero-order chi connectivity index (χ0) is 14.0. The van der Waals surface area contributed by atoms with E-state index in [0.29, 0.717) is 5.92 Å². The quantitative estimate of drug-likeness (QED) is 0.878. The van der Waals surface area contributed by atoms with Crippen LogP contribution in [0.5, 0.6) is 0 Å². The number of aromatic nitrogens is 1. The summed E-state index contributed by atoms with van der Waals surface area (Å²) in [6.07, 6.45) is 2.98. The monoisotopic (exact) mass is 263 g/mol. The van der Waals surface area contributed by atoms with E-state index in [1.165, 1.54) is 6.42 Å². The fourth-order valence-electron chi connectivity index (χ4n) is 2.64. The highest BCUT2D eigenvalue weighted by Gasteiger charge is 2.30. The van der Waals surface area contributed by atoms with Crippen molar-refractivity contribution in [3.63, 3.8) is 0 Å². The summed E-state index contributed by atoms with van der Waals surface area (Å²) in [6.45, 7) is 11.6. The third-order valence-electron chi connectivity index (χ3n) is 3.98. The number of nitrogens with one attached hydrogen (secondary N) is 2. The minimum Gasteiger partial charge on any atom is -0.365 e. The first-order valence-corrected chi connectivity index (χ1v) is 7.05. The van der Waals surface area contributed by atoms with Gasteiger partial charge in [-0.15, -0.1) is 0 Å². The van der Waals surface area contributed by atoms with E-state index >= 15 is 0 Å². The first-order valence-electron chi connectivity index (χ1n) is 7.05. The highest BCUT2D eigenvalue weighted by atomic mass is 16.1. The topological polar surface area (TPSA) is 48.1 Å². The van der Waals surface area contributed by atoms with Crippen LogP contribution in [-0.2, 0) is 0 Å². The molecule has 1 aromatic heterocycles. The number of likely N-dealkylation sites (tertiary alicyclic amines) is 1. The SMILES string of the molecule is Cc1[nH]ccc1C(=O)NC[C@@H]1CCN(C(C)(C)C)C1. The Morgan fingerprint density at radius 1 is 1.53 bits per heavy atom. The summed E-state index contributed by atoms with van der Waals surface area (Å²) < 4.78 is 0. The average molecular weight is 263 g/mol. The minimum absolute atomic E-state index is 0.0351. The number of carbonyl (C=O) groups excluding carboxylic acids is 1. The second-order valence-corrected chi connectivity index (χ2v) is 6.50. The first kappa shape index (κ1) is 14.1. The molecule has 1 amide bonds. The summed E-state index contributed by atoms with van der Waals surface area (Å²) in [5, 5.41) is 3.05. The van der Waals surface area contributed by atoms with Gasteiger partial charge >= 0.3 is 0 Å². The molecule has 2 heterocycles. The average Bonchev–Trinajstić information content (AvgIpc) is 2.93. The van der Waals surface area contributed by atoms with Gasteiger partial charge in [0.2, 0.25) is 0 Å². The van der Waals surface area contributed by atoms with E-state index in [4.69, 9.17) is 0 Å². The molecule has 0 aromatic carbocycles. The Hall–Kier alpha value is -1.29. The van der Waals surface area contributed by atoms with Crippen LogP contribution in [0.4, 0.5) is 0 Å². The molecule has 0 radical (unpaired) electrons. The van der Waals surface area contributed by atoms with Crippen molar-refractivity contribution in [3.05, 3.63) is 23.5 Å². The molecule has 0 aliphatic carbocycles. The van der Waals surface area contributed by atoms with Gasteiger partial charge in [0, 0.05) is 30.5 Å². The lowest BCUT2D eigenvalue weighted by atomic mass is 10.1. The van der Waals surface area contributed by atoms with Crippen molar-refractivity contribution in [2.75, 3.05) is 19.6 Å². The van der Waals surface area contributed by atoms with Gasteiger partial charge in [0.1, 0.15) is 0 Å². The van der Waals surface area contributed by atoms with Crippen LogP contribution < -0.4 is 5.32 Å². The number of nitrogens with zero attached hydrogens (tertiary/aromatic N) is 1. The van der Waals surface area contributed by atoms with Crippen LogP contribution in [0.1, 0.15) is 43.2 Å². The molecule has 4 heteroatoms. The van der Waals surface area contributed by atoms with Crippen molar-refractivity contribution in [1.29, 1.82) is 0 Å². The third-order valence-corrected chi connectivity index (χ3v) is 3.98. The number of carbonyl (C=O) groups is 1. The van der Waals surface area contributed by atoms with Crippen molar-refractivity contribution in [3.8, 4) is 0 Å². The number of hydrogen-bond acceptors (Lipinski definition) is 2. The predicted molar refractivity (Wildman–Crippen MR) is 77.3 cm³/mol. The maximum Gasteiger partial charge on any atom is 0.253 e. The number of aromatic amines is 1. The van der Waals surface area contributed by atoms with Gasteiger partial charge in [-0.1, -0.05) is 0 Å². The largest absolute Gasteiger partial charge is 0.365 e. The summed E-state index contributed by atoms with van der Waals surface area (Å²) >= 11 is 0. The Labute approximate surface area is 115 Å². The summed E-state index contributed by atoms with van der Waals surface area (Å²) in [7, 11) is 0. The van der Waals surface area contributed by atoms with Crippen molar-refractivity contribution < 1.29 is 4.79 Å². The smallest absolute Gasteiger partial charge is 0.253 e. The molecule has 1 fully saturated rings. The van der Waals surface area contributed by atoms with E-state index in [-0.39, 0.29) is 11.4 Å². The van der Waals surface area contributed by atoms with Crippen LogP contribution in [0.2, 0.25) is 0 Å². The third kappa shape index (κ3) is 3.38. The summed E-state index contributed by atoms with van der Waals surface area (Å²) in [5.74, 6) is 0.607. The van der Waals surface area contributed by atoms with Crippen molar-refractivity contribution in [1.82, 2.24) is 15.2 Å². The number of amides is 1. The Balaban J connectivity index is 1.81. The van der Waals surface area contributed by atoms with Gasteiger partial charge in [-0.2, -0.15) is 0 Å². The second kappa shape index (κ2) is 5.37. The molecule has 1 atom stereocenters. The van der Waals surface area contributed by atoms with Crippen LogP contribution >= 0.6 is 0 Å². The molecule has 1 saturated heterocycles. The highest BCUT2D eigenvalue weighted by Crippen LogP contribution is 2.23. The van der Waals surface area contributed by atoms with Crippen LogP contribution in [0.3, 0.4) is 0 Å². The van der Waals surface area contributed by atoms with E-state index in [1.54, 1.807) is 6.20 Å². The highest BCUT2D eigenvalue weighted by molar-refractivity contribution is 5.95. The van der Waals surface area contributed by atoms with Gasteiger partial charge < -0.3 is 10.3 Å². The Bertz CT molecular complexity index is 444. The van der Waals surface area contributed by atoms with E-state index < -0.39 is 0 Å². The molecule has 19 heavy (non-hydrogen) atoms. The molecule has 2 N–H and O–H groups in total. The van der Waals surface area contributed by atoms with Gasteiger partial charge in [0.15, 0.2) is 0 Å². The lowest BCUT2D eigenvalue weighted by molar-refractivity contribution is 0.0945. The number of aryl methyl sites for hydroxylation is 1. The molecule has 1 aromatic rings. The van der Waals surface area contributed by atoms with Gasteiger partial charge in [-0.05, 0) is 52.6 Å². The van der Waals surface area contributed by atoms with E-state index in [2.05, 4.69) is 36.0 Å². The summed E-state index contributed by atoms with van der Waals surface area (Å²) in [4.78, 5) is 17.5. The van der Waals surface area contributed by atoms with Crippen molar-refractivity contribution >= 4 is 5.91 Å². The zero-order valence-corrected chi connectivity index (χ0v) is 12.4. The zero-order valence-electron chi connectivity index (χ0n) is 12.4. The maximum atomic E-state index is 12.0. The lowest BCUT2D eigenvalue weighted by Crippen LogP contribution is -2.40. The molecule has 0 unspecified atom stereocenters. The van der Waals surface area contributed by atoms with Crippen LogP contribution in [0, 0.1) is 12.8 Å². The molecule has 2 rings (SSSR count). The number of hydrogen-bond donors (Lipinski definition) is 2. The molecule has 106 valence electrons. The lowest BCUT2D eigenvalue weighted by Gasteiger charge is -2.31. The molecule has 1 aliphatic heterocycles. The minimum atomic E-state index is 0.0351. The molecular weight excluding hydrogens is 238 g/mol. The summed E-state index contributed by atoms with van der Waals surface area (Å²) in [6, 6.07) is 1.83. The second-order valence-electron chi connectivity index (χ2n) is 6.50. The van der Waals surface area contributed by atoms with Crippen LogP contribution in [-0.4, -0.2) is 41.0 Å². The Morgan fingerprint density at radius 2 is 2.26 bits per heavy atom. The predicted octanol–water partition coefficient (Wildman–Crippen LogP) is 2.17. The van der Waals surface area contributed by atoms with E-state index in [0.717, 1.165) is 30.9 Å². The molecule has 4 nitrogen and oxygen atoms in total. The summed E-state index contributed by atoms with van der Waals surface area (Å²) in [5.41, 5.74) is 1.92. The first-order chi connectivity index (χ1) is 8.88. The van der Waals surface area contributed by atoms with Crippen LogP contribution in [0.25, 0.3) is 0 Å². The van der Waals surface area contributed by atoms with E-state index in [9.17, 15) is 4.79 Å². The Kier molecular flexibility index (Phi) is 3.99. The van der Waals surface area contributed by atoms with Gasteiger partial charge in [0.05, 0.1) is 5.56 Å². The van der Waals surface area contributed by atoms with Gasteiger partial charge in [-0.25, -0.2) is 0 Å². The number of H-pyrrole nitrogens is 1. The van der Waals surface area contributed by atoms with Crippen molar-refractivity contribution in [2.45, 2.75) is 39.7 Å². The normalized spacial score (nSPS) is 20.7. The molecule has 0 spiro atoms. The molecule has 1 aliphatic rings. The maximum absolute atomic E-state index is 12.0. The van der Waals surface area contributed by atoms with Gasteiger partial charge in [-0.3, -0.25) is 9.69 Å². The standard InChI is InChI=1S/C15H25N3O/c1-11-13(5-7-16-11)14(19)17-9-12-6-8-18(10-12)15(2,3)4/h5,7,12,16H,6,8-10H2,1-4H3,(H,17,19)/t12-/m0/s1. The molecule has 0 saturated carbocycles. The van der Waals surface area contributed by atoms with E-state index in [1.807, 2.05) is 13.0 Å². The molecular formula is C15H25N3O. The van der Waals surface area contributed by atoms with Crippen molar-refractivity contribution in [2.24, 2.45) is 5.92 Å². The Morgan fingerprint density at radius 3 is 2.79 bits per heavy atom. The molecule has 0 bridgehead atoms. The van der Waals surface area contributed by atoms with Gasteiger partial charge in [0.25, 0.3) is 5.91 Å². The fraction of sp³-hybridized carbons (Fsp3) is 0.667.